The molecular weight excluding hydrogens is 344 g/mol. The van der Waals surface area contributed by atoms with Crippen LogP contribution < -0.4 is 5.56 Å². The molecule has 0 aliphatic carbocycles. The number of aryl methyl sites for hydroxylation is 2. The molecular formula is C21H18N2O4. The maximum Gasteiger partial charge on any atom is 0.308 e. The van der Waals surface area contributed by atoms with Gasteiger partial charge in [-0.3, -0.25) is 14.2 Å². The summed E-state index contributed by atoms with van der Waals surface area (Å²) in [6.07, 6.45) is 1.56. The highest BCUT2D eigenvalue weighted by Gasteiger charge is 2.10. The number of fused-ring (bicyclic) bond motifs is 2. The normalized spacial score (nSPS) is 11.1. The minimum atomic E-state index is -0.397. The number of esters is 1. The van der Waals surface area contributed by atoms with E-state index in [0.29, 0.717) is 16.7 Å². The Labute approximate surface area is 155 Å². The van der Waals surface area contributed by atoms with E-state index < -0.39 is 5.97 Å². The molecule has 0 spiro atoms. The lowest BCUT2D eigenvalue weighted by Gasteiger charge is -2.07. The number of carbonyl (C=O) groups excluding carboxylic acids is 1. The zero-order valence-electron chi connectivity index (χ0n) is 14.8. The average Bonchev–Trinajstić information content (AvgIpc) is 3.09. The standard InChI is InChI=1S/C21H18N2O4/c1-14-5-4-7-17-20(14)22-13-23(21(17)25)10-9-19(24)26-12-16-11-15-6-2-3-8-18(15)27-16/h2-8,11,13H,9-10,12H2,1H3. The number of hydrogen-bond acceptors (Lipinski definition) is 5. The van der Waals surface area contributed by atoms with Gasteiger partial charge in [-0.15, -0.1) is 0 Å². The zero-order chi connectivity index (χ0) is 18.8. The molecule has 6 nitrogen and oxygen atoms in total. The van der Waals surface area contributed by atoms with E-state index in [1.165, 1.54) is 10.9 Å². The molecule has 2 aromatic carbocycles. The van der Waals surface area contributed by atoms with Crippen LogP contribution in [-0.4, -0.2) is 15.5 Å². The van der Waals surface area contributed by atoms with Gasteiger partial charge in [-0.25, -0.2) is 4.98 Å². The molecule has 2 aromatic heterocycles. The van der Waals surface area contributed by atoms with E-state index in [1.807, 2.05) is 49.4 Å². The van der Waals surface area contributed by atoms with Gasteiger partial charge in [0.1, 0.15) is 18.0 Å². The van der Waals surface area contributed by atoms with E-state index in [0.717, 1.165) is 16.5 Å². The van der Waals surface area contributed by atoms with Crippen molar-refractivity contribution in [3.8, 4) is 0 Å². The van der Waals surface area contributed by atoms with Crippen LogP contribution in [0.3, 0.4) is 0 Å². The summed E-state index contributed by atoms with van der Waals surface area (Å²) in [7, 11) is 0. The average molecular weight is 362 g/mol. The zero-order valence-corrected chi connectivity index (χ0v) is 14.8. The first-order valence-electron chi connectivity index (χ1n) is 8.69. The topological polar surface area (TPSA) is 74.3 Å². The number of para-hydroxylation sites is 2. The van der Waals surface area contributed by atoms with E-state index in [9.17, 15) is 9.59 Å². The highest BCUT2D eigenvalue weighted by molar-refractivity contribution is 5.80. The summed E-state index contributed by atoms with van der Waals surface area (Å²) < 4.78 is 12.3. The Morgan fingerprint density at radius 1 is 1.19 bits per heavy atom. The Morgan fingerprint density at radius 3 is 2.89 bits per heavy atom. The fraction of sp³-hybridized carbons (Fsp3) is 0.190. The molecule has 0 fully saturated rings. The van der Waals surface area contributed by atoms with Crippen molar-refractivity contribution in [2.75, 3.05) is 0 Å². The molecule has 0 saturated heterocycles. The second-order valence-electron chi connectivity index (χ2n) is 6.38. The first kappa shape index (κ1) is 17.0. The van der Waals surface area contributed by atoms with Gasteiger partial charge in [-0.1, -0.05) is 30.3 Å². The first-order chi connectivity index (χ1) is 13.1. The summed E-state index contributed by atoms with van der Waals surface area (Å²) in [6.45, 7) is 2.20. The molecule has 27 heavy (non-hydrogen) atoms. The van der Waals surface area contributed by atoms with Crippen LogP contribution in [0.5, 0.6) is 0 Å². The summed E-state index contributed by atoms with van der Waals surface area (Å²) in [5, 5.41) is 1.51. The van der Waals surface area contributed by atoms with E-state index in [1.54, 1.807) is 6.07 Å². The molecule has 4 aromatic rings. The van der Waals surface area contributed by atoms with Gasteiger partial charge < -0.3 is 9.15 Å². The molecule has 0 aliphatic heterocycles. The van der Waals surface area contributed by atoms with Gasteiger partial charge in [0.2, 0.25) is 0 Å². The van der Waals surface area contributed by atoms with Crippen molar-refractivity contribution in [3.63, 3.8) is 0 Å². The van der Waals surface area contributed by atoms with Gasteiger partial charge in [-0.05, 0) is 30.7 Å². The molecule has 0 unspecified atom stereocenters. The number of aromatic nitrogens is 2. The van der Waals surface area contributed by atoms with Gasteiger partial charge in [-0.2, -0.15) is 0 Å². The monoisotopic (exact) mass is 362 g/mol. The number of ether oxygens (including phenoxy) is 1. The van der Waals surface area contributed by atoms with Crippen LogP contribution >= 0.6 is 0 Å². The van der Waals surface area contributed by atoms with Gasteiger partial charge in [0, 0.05) is 11.9 Å². The fourth-order valence-electron chi connectivity index (χ4n) is 3.04. The molecule has 0 amide bonds. The van der Waals surface area contributed by atoms with Crippen molar-refractivity contribution in [2.45, 2.75) is 26.5 Å². The smallest absolute Gasteiger partial charge is 0.308 e. The Bertz CT molecular complexity index is 1160. The van der Waals surface area contributed by atoms with Gasteiger partial charge in [0.15, 0.2) is 0 Å². The van der Waals surface area contributed by atoms with E-state index in [4.69, 9.17) is 9.15 Å². The molecule has 4 rings (SSSR count). The van der Waals surface area contributed by atoms with E-state index >= 15 is 0 Å². The molecule has 6 heteroatoms. The summed E-state index contributed by atoms with van der Waals surface area (Å²) in [4.78, 5) is 28.9. The quantitative estimate of drug-likeness (QED) is 0.507. The minimum Gasteiger partial charge on any atom is -0.457 e. The van der Waals surface area contributed by atoms with Crippen LogP contribution in [0.4, 0.5) is 0 Å². The third-order valence-electron chi connectivity index (χ3n) is 4.46. The summed E-state index contributed by atoms with van der Waals surface area (Å²) in [6, 6.07) is 14.9. The van der Waals surface area contributed by atoms with Crippen molar-refractivity contribution >= 4 is 27.8 Å². The maximum atomic E-state index is 12.5. The molecule has 0 aliphatic rings. The van der Waals surface area contributed by atoms with Crippen LogP contribution in [0.25, 0.3) is 21.9 Å². The predicted octanol–water partition coefficient (Wildman–Crippen LogP) is 3.58. The van der Waals surface area contributed by atoms with Crippen molar-refractivity contribution in [2.24, 2.45) is 0 Å². The molecule has 2 heterocycles. The Hall–Kier alpha value is -3.41. The highest BCUT2D eigenvalue weighted by atomic mass is 16.5. The first-order valence-corrected chi connectivity index (χ1v) is 8.69. The van der Waals surface area contributed by atoms with Gasteiger partial charge in [0.05, 0.1) is 23.7 Å². The third kappa shape index (κ3) is 3.46. The molecule has 0 radical (unpaired) electrons. The predicted molar refractivity (Wildman–Crippen MR) is 101 cm³/mol. The molecule has 0 bridgehead atoms. The lowest BCUT2D eigenvalue weighted by Crippen LogP contribution is -2.22. The molecule has 0 atom stereocenters. The Balaban J connectivity index is 1.40. The summed E-state index contributed by atoms with van der Waals surface area (Å²) >= 11 is 0. The number of nitrogens with zero attached hydrogens (tertiary/aromatic N) is 2. The number of benzene rings is 2. The Kier molecular flexibility index (Phi) is 4.46. The number of carbonyl (C=O) groups is 1. The third-order valence-corrected chi connectivity index (χ3v) is 4.46. The van der Waals surface area contributed by atoms with Crippen molar-refractivity contribution in [1.82, 2.24) is 9.55 Å². The summed E-state index contributed by atoms with van der Waals surface area (Å²) in [5.41, 5.74) is 2.23. The van der Waals surface area contributed by atoms with Crippen LogP contribution in [0.2, 0.25) is 0 Å². The largest absolute Gasteiger partial charge is 0.457 e. The molecule has 0 saturated carbocycles. The second-order valence-corrected chi connectivity index (χ2v) is 6.38. The number of furan rings is 1. The fourth-order valence-corrected chi connectivity index (χ4v) is 3.04. The molecule has 0 N–H and O–H groups in total. The van der Waals surface area contributed by atoms with Gasteiger partial charge in [0.25, 0.3) is 5.56 Å². The van der Waals surface area contributed by atoms with Crippen molar-refractivity contribution in [1.29, 1.82) is 0 Å². The maximum absolute atomic E-state index is 12.5. The highest BCUT2D eigenvalue weighted by Crippen LogP contribution is 2.19. The molecule has 136 valence electrons. The van der Waals surface area contributed by atoms with Crippen molar-refractivity contribution in [3.05, 3.63) is 76.5 Å². The minimum absolute atomic E-state index is 0.0670. The lowest BCUT2D eigenvalue weighted by molar-refractivity contribution is -0.145. The van der Waals surface area contributed by atoms with E-state index in [-0.39, 0.29) is 25.1 Å². The second kappa shape index (κ2) is 7.07. The number of rotatable bonds is 5. The SMILES string of the molecule is Cc1cccc2c(=O)n(CCC(=O)OCc3cc4ccccc4o3)cnc12. The van der Waals surface area contributed by atoms with Crippen LogP contribution in [-0.2, 0) is 22.7 Å². The van der Waals surface area contributed by atoms with Gasteiger partial charge >= 0.3 is 5.97 Å². The van der Waals surface area contributed by atoms with E-state index in [2.05, 4.69) is 4.98 Å². The van der Waals surface area contributed by atoms with Crippen LogP contribution in [0.15, 0.2) is 64.1 Å². The lowest BCUT2D eigenvalue weighted by atomic mass is 10.1. The van der Waals surface area contributed by atoms with Crippen LogP contribution in [0.1, 0.15) is 17.7 Å². The Morgan fingerprint density at radius 2 is 2.04 bits per heavy atom. The van der Waals surface area contributed by atoms with Crippen molar-refractivity contribution < 1.29 is 13.9 Å². The summed E-state index contributed by atoms with van der Waals surface area (Å²) in [5.74, 6) is 0.191. The van der Waals surface area contributed by atoms with Crippen LogP contribution in [0, 0.1) is 6.92 Å². The number of hydrogen-bond donors (Lipinski definition) is 0.